The number of carbonyl (C=O) groups is 1. The van der Waals surface area contributed by atoms with Gasteiger partial charge in [-0.15, -0.1) is 24.8 Å². The fourth-order valence-corrected chi connectivity index (χ4v) is 3.57. The lowest BCUT2D eigenvalue weighted by molar-refractivity contribution is -0.133. The Kier molecular flexibility index (Phi) is 10.5. The van der Waals surface area contributed by atoms with Crippen molar-refractivity contribution in [3.05, 3.63) is 35.4 Å². The number of piperidine rings is 1. The van der Waals surface area contributed by atoms with Gasteiger partial charge in [0.25, 0.3) is 0 Å². The Hall–Kier alpha value is -2.07. The molecule has 1 aromatic carbocycles. The highest BCUT2D eigenvalue weighted by molar-refractivity contribution is 5.85. The van der Waals surface area contributed by atoms with Crippen LogP contribution >= 0.6 is 24.8 Å². The summed E-state index contributed by atoms with van der Waals surface area (Å²) < 4.78 is 12.3. The molecule has 4 N–H and O–H groups in total. The molecule has 9 nitrogen and oxygen atoms in total. The van der Waals surface area contributed by atoms with Crippen molar-refractivity contribution in [3.8, 4) is 11.5 Å². The summed E-state index contributed by atoms with van der Waals surface area (Å²) in [5.41, 5.74) is 13.1. The quantitative estimate of drug-likeness (QED) is 0.625. The van der Waals surface area contributed by atoms with E-state index < -0.39 is 0 Å². The van der Waals surface area contributed by atoms with Crippen LogP contribution in [0.2, 0.25) is 0 Å². The number of amides is 1. The van der Waals surface area contributed by atoms with Crippen molar-refractivity contribution in [3.63, 3.8) is 0 Å². The Morgan fingerprint density at radius 1 is 1.26 bits per heavy atom. The summed E-state index contributed by atoms with van der Waals surface area (Å²) in [6.45, 7) is 3.26. The lowest BCUT2D eigenvalue weighted by atomic mass is 10.1. The largest absolute Gasteiger partial charge is 0.493 e. The molecule has 0 bridgehead atoms. The third kappa shape index (κ3) is 6.70. The molecule has 0 spiro atoms. The van der Waals surface area contributed by atoms with Crippen LogP contribution in [-0.4, -0.2) is 58.9 Å². The zero-order valence-electron chi connectivity index (χ0n) is 18.1. The molecule has 2 atom stereocenters. The van der Waals surface area contributed by atoms with Crippen LogP contribution in [0.5, 0.6) is 11.5 Å². The molecule has 31 heavy (non-hydrogen) atoms. The van der Waals surface area contributed by atoms with Crippen molar-refractivity contribution in [2.24, 2.45) is 11.5 Å². The first-order chi connectivity index (χ1) is 13.9. The minimum Gasteiger partial charge on any atom is -0.493 e. The molecule has 0 unspecified atom stereocenters. The number of benzene rings is 1. The van der Waals surface area contributed by atoms with Gasteiger partial charge in [0.05, 0.1) is 20.3 Å². The maximum Gasteiger partial charge on any atom is 0.244 e. The molecule has 2 heterocycles. The van der Waals surface area contributed by atoms with E-state index in [-0.39, 0.29) is 49.3 Å². The van der Waals surface area contributed by atoms with E-state index in [1.54, 1.807) is 23.8 Å². The SMILES string of the molecule is COc1ccc(Cc2nc([C@@H](C)N)n(CC(=O)N3CCC[C@H](N)C3)n2)cc1OC.Cl.Cl. The van der Waals surface area contributed by atoms with Crippen LogP contribution in [0, 0.1) is 0 Å². The fraction of sp³-hybridized carbons (Fsp3) is 0.550. The second-order valence-corrected chi connectivity index (χ2v) is 7.44. The molecular formula is C20H32Cl2N6O3. The van der Waals surface area contributed by atoms with Gasteiger partial charge in [0.1, 0.15) is 12.4 Å². The number of rotatable bonds is 7. The lowest BCUT2D eigenvalue weighted by Gasteiger charge is -2.30. The molecule has 0 saturated carbocycles. The van der Waals surface area contributed by atoms with Crippen molar-refractivity contribution < 1.29 is 14.3 Å². The number of likely N-dealkylation sites (tertiary alicyclic amines) is 1. The van der Waals surface area contributed by atoms with Crippen LogP contribution in [-0.2, 0) is 17.8 Å². The predicted octanol–water partition coefficient (Wildman–Crippen LogP) is 1.70. The van der Waals surface area contributed by atoms with E-state index in [9.17, 15) is 4.79 Å². The van der Waals surface area contributed by atoms with Gasteiger partial charge in [0.15, 0.2) is 17.3 Å². The molecule has 1 fully saturated rings. The average Bonchev–Trinajstić information content (AvgIpc) is 3.10. The summed E-state index contributed by atoms with van der Waals surface area (Å²) in [6.07, 6.45) is 2.37. The first-order valence-electron chi connectivity index (χ1n) is 9.84. The highest BCUT2D eigenvalue weighted by atomic mass is 35.5. The van der Waals surface area contributed by atoms with Crippen LogP contribution < -0.4 is 20.9 Å². The summed E-state index contributed by atoms with van der Waals surface area (Å²) in [4.78, 5) is 19.1. The Labute approximate surface area is 195 Å². The monoisotopic (exact) mass is 474 g/mol. The van der Waals surface area contributed by atoms with E-state index in [0.717, 1.165) is 24.9 Å². The topological polar surface area (TPSA) is 122 Å². The second kappa shape index (κ2) is 12.1. The second-order valence-electron chi connectivity index (χ2n) is 7.44. The zero-order chi connectivity index (χ0) is 21.0. The summed E-state index contributed by atoms with van der Waals surface area (Å²) in [5, 5.41) is 4.55. The number of halogens is 2. The van der Waals surface area contributed by atoms with Crippen LogP contribution in [0.3, 0.4) is 0 Å². The van der Waals surface area contributed by atoms with E-state index >= 15 is 0 Å². The number of aromatic nitrogens is 3. The number of methoxy groups -OCH3 is 2. The molecule has 174 valence electrons. The van der Waals surface area contributed by atoms with Gasteiger partial charge in [-0.05, 0) is 37.5 Å². The van der Waals surface area contributed by atoms with Gasteiger partial charge in [-0.25, -0.2) is 9.67 Å². The molecule has 1 aliphatic heterocycles. The molecule has 1 aliphatic rings. The average molecular weight is 475 g/mol. The van der Waals surface area contributed by atoms with Crippen LogP contribution in [0.25, 0.3) is 0 Å². The Morgan fingerprint density at radius 2 is 1.97 bits per heavy atom. The predicted molar refractivity (Wildman–Crippen MR) is 123 cm³/mol. The van der Waals surface area contributed by atoms with Gasteiger partial charge in [-0.3, -0.25) is 4.79 Å². The van der Waals surface area contributed by atoms with Crippen molar-refractivity contribution in [1.82, 2.24) is 19.7 Å². The molecule has 1 saturated heterocycles. The van der Waals surface area contributed by atoms with Gasteiger partial charge in [0, 0.05) is 25.6 Å². The highest BCUT2D eigenvalue weighted by Gasteiger charge is 2.23. The smallest absolute Gasteiger partial charge is 0.244 e. The molecule has 0 radical (unpaired) electrons. The molecular weight excluding hydrogens is 443 g/mol. The van der Waals surface area contributed by atoms with Gasteiger partial charge < -0.3 is 25.8 Å². The number of ether oxygens (including phenoxy) is 2. The van der Waals surface area contributed by atoms with Gasteiger partial charge >= 0.3 is 0 Å². The van der Waals surface area contributed by atoms with Crippen molar-refractivity contribution >= 4 is 30.7 Å². The molecule has 0 aliphatic carbocycles. The molecule has 2 aromatic rings. The summed E-state index contributed by atoms with van der Waals surface area (Å²) in [7, 11) is 3.20. The van der Waals surface area contributed by atoms with E-state index in [1.165, 1.54) is 0 Å². The maximum absolute atomic E-state index is 12.7. The van der Waals surface area contributed by atoms with E-state index in [2.05, 4.69) is 10.1 Å². The molecule has 1 aromatic heterocycles. The molecule has 11 heteroatoms. The minimum absolute atomic E-state index is 0. The van der Waals surface area contributed by atoms with E-state index in [0.29, 0.717) is 36.1 Å². The van der Waals surface area contributed by atoms with Crippen LogP contribution in [0.1, 0.15) is 43.0 Å². The van der Waals surface area contributed by atoms with Crippen molar-refractivity contribution in [2.45, 2.75) is 44.8 Å². The van der Waals surface area contributed by atoms with E-state index in [4.69, 9.17) is 20.9 Å². The lowest BCUT2D eigenvalue weighted by Crippen LogP contribution is -2.47. The summed E-state index contributed by atoms with van der Waals surface area (Å²) >= 11 is 0. The van der Waals surface area contributed by atoms with Gasteiger partial charge in [-0.2, -0.15) is 5.10 Å². The Balaban J connectivity index is 0.00000240. The standard InChI is InChI=1S/C20H30N6O3.2ClH/c1-13(21)20-23-18(10-14-6-7-16(28-2)17(9-14)29-3)24-26(20)12-19(27)25-8-4-5-15(22)11-25;;/h6-7,9,13,15H,4-5,8,10-12,21-22H2,1-3H3;2*1H/t13-,15+;;/m1../s1. The Morgan fingerprint density at radius 3 is 2.58 bits per heavy atom. The fourth-order valence-electron chi connectivity index (χ4n) is 3.57. The third-order valence-electron chi connectivity index (χ3n) is 5.06. The minimum atomic E-state index is -0.335. The Bertz CT molecular complexity index is 861. The number of hydrogen-bond donors (Lipinski definition) is 2. The van der Waals surface area contributed by atoms with Crippen molar-refractivity contribution in [1.29, 1.82) is 0 Å². The van der Waals surface area contributed by atoms with Gasteiger partial charge in [0.2, 0.25) is 5.91 Å². The third-order valence-corrected chi connectivity index (χ3v) is 5.06. The normalized spacial score (nSPS) is 16.7. The van der Waals surface area contributed by atoms with Crippen molar-refractivity contribution in [2.75, 3.05) is 27.3 Å². The highest BCUT2D eigenvalue weighted by Crippen LogP contribution is 2.28. The molecule has 3 rings (SSSR count). The number of hydrogen-bond acceptors (Lipinski definition) is 7. The van der Waals surface area contributed by atoms with Crippen LogP contribution in [0.4, 0.5) is 0 Å². The summed E-state index contributed by atoms with van der Waals surface area (Å²) in [5.74, 6) is 2.50. The molecule has 1 amide bonds. The number of carbonyl (C=O) groups excluding carboxylic acids is 1. The zero-order valence-corrected chi connectivity index (χ0v) is 19.7. The van der Waals surface area contributed by atoms with Gasteiger partial charge in [-0.1, -0.05) is 6.07 Å². The van der Waals surface area contributed by atoms with E-state index in [1.807, 2.05) is 25.1 Å². The number of nitrogens with zero attached hydrogens (tertiary/aromatic N) is 4. The maximum atomic E-state index is 12.7. The number of nitrogens with two attached hydrogens (primary N) is 2. The first-order valence-corrected chi connectivity index (χ1v) is 9.84. The van der Waals surface area contributed by atoms with Crippen LogP contribution in [0.15, 0.2) is 18.2 Å². The first kappa shape index (κ1) is 27.0. The summed E-state index contributed by atoms with van der Waals surface area (Å²) in [6, 6.07) is 5.38.